The highest BCUT2D eigenvalue weighted by Crippen LogP contribution is 2.31. The van der Waals surface area contributed by atoms with Crippen molar-refractivity contribution >= 4 is 34.8 Å². The average Bonchev–Trinajstić information content (AvgIpc) is 3.67. The molecule has 0 radical (unpaired) electrons. The number of rotatable bonds is 12. The molecule has 0 spiro atoms. The summed E-state index contributed by atoms with van der Waals surface area (Å²) < 4.78 is 28.2. The second-order valence-corrected chi connectivity index (χ2v) is 16.0. The third-order valence-electron chi connectivity index (χ3n) is 8.17. The number of hydrogen-bond donors (Lipinski definition) is 1. The first-order valence-corrected chi connectivity index (χ1v) is 18.6. The highest BCUT2D eigenvalue weighted by Gasteiger charge is 2.50. The molecule has 1 aliphatic rings. The fourth-order valence-corrected chi connectivity index (χ4v) is 6.69. The van der Waals surface area contributed by atoms with Crippen molar-refractivity contribution < 1.29 is 38.1 Å². The third kappa shape index (κ3) is 12.2. The Morgan fingerprint density at radius 3 is 1.93 bits per heavy atom. The maximum Gasteiger partial charge on any atom is 0.509 e. The fourth-order valence-electron chi connectivity index (χ4n) is 5.93. The molecular weight excluding hydrogens is 711 g/mol. The molecule has 4 aromatic rings. The monoisotopic (exact) mass is 759 g/mol. The van der Waals surface area contributed by atoms with E-state index in [0.717, 1.165) is 16.7 Å². The van der Waals surface area contributed by atoms with Gasteiger partial charge in [0.05, 0.1) is 26.2 Å². The number of benzene rings is 3. The molecule has 2 heterocycles. The van der Waals surface area contributed by atoms with Crippen molar-refractivity contribution in [3.8, 4) is 5.75 Å². The molecule has 5 rings (SSSR count). The number of nitrogens with one attached hydrogen (secondary N) is 1. The summed E-state index contributed by atoms with van der Waals surface area (Å²) in [5, 5.41) is 12.2. The highest BCUT2D eigenvalue weighted by atomic mass is 32.1. The van der Waals surface area contributed by atoms with E-state index >= 15 is 0 Å². The summed E-state index contributed by atoms with van der Waals surface area (Å²) >= 11 is 1.23. The lowest BCUT2D eigenvalue weighted by atomic mass is 10.0. The molecule has 2 amide bonds. The predicted molar refractivity (Wildman–Crippen MR) is 204 cm³/mol. The standard InChI is InChI=1S/C40H49N5O8S/c1-39(2,3)52-37(47)45-25-32(50-38(48)53-40(4,5)6)34(31(45)22-27-18-20-30(49-7)21-19-27)51-36(46)41-35-43-42-33(54-35)26-44(23-28-14-10-8-11-15-28)24-29-16-12-9-13-17-29/h8-21,31-32,34H,22-26H2,1-7H3,(H,41,43,46)/t31-,32+,34+/m1/s1. The Morgan fingerprint density at radius 1 is 0.778 bits per heavy atom. The van der Waals surface area contributed by atoms with Crippen LogP contribution in [0, 0.1) is 0 Å². The largest absolute Gasteiger partial charge is 0.509 e. The van der Waals surface area contributed by atoms with Gasteiger partial charge in [0, 0.05) is 13.1 Å². The van der Waals surface area contributed by atoms with E-state index in [1.807, 2.05) is 48.5 Å². The Balaban J connectivity index is 1.35. The lowest BCUT2D eigenvalue weighted by molar-refractivity contribution is -0.0503. The molecule has 54 heavy (non-hydrogen) atoms. The minimum Gasteiger partial charge on any atom is -0.497 e. The van der Waals surface area contributed by atoms with Crippen molar-refractivity contribution in [2.24, 2.45) is 0 Å². The van der Waals surface area contributed by atoms with Crippen molar-refractivity contribution in [3.05, 3.63) is 107 Å². The molecule has 1 aromatic heterocycles. The van der Waals surface area contributed by atoms with Gasteiger partial charge in [-0.2, -0.15) is 0 Å². The molecule has 13 nitrogen and oxygen atoms in total. The number of anilines is 1. The zero-order valence-corrected chi connectivity index (χ0v) is 32.6. The van der Waals surface area contributed by atoms with Crippen molar-refractivity contribution in [1.82, 2.24) is 20.0 Å². The average molecular weight is 760 g/mol. The number of hydrogen-bond acceptors (Lipinski definition) is 12. The summed E-state index contributed by atoms with van der Waals surface area (Å²) in [6, 6.07) is 26.9. The van der Waals surface area contributed by atoms with Gasteiger partial charge in [0.15, 0.2) is 12.2 Å². The smallest absolute Gasteiger partial charge is 0.497 e. The number of nitrogens with zero attached hydrogens (tertiary/aromatic N) is 4. The van der Waals surface area contributed by atoms with Gasteiger partial charge in [-0.05, 0) is 76.8 Å². The van der Waals surface area contributed by atoms with Crippen LogP contribution >= 0.6 is 11.3 Å². The number of ether oxygens (including phenoxy) is 5. The lowest BCUT2D eigenvalue weighted by Crippen LogP contribution is -2.45. The van der Waals surface area contributed by atoms with E-state index in [2.05, 4.69) is 44.7 Å². The second-order valence-electron chi connectivity index (χ2n) is 15.0. The molecule has 14 heteroatoms. The Hall–Kier alpha value is -5.21. The van der Waals surface area contributed by atoms with Crippen LogP contribution in [0.2, 0.25) is 0 Å². The van der Waals surface area contributed by atoms with Crippen molar-refractivity contribution in [3.63, 3.8) is 0 Å². The van der Waals surface area contributed by atoms with E-state index in [1.54, 1.807) is 60.8 Å². The van der Waals surface area contributed by atoms with E-state index < -0.39 is 47.8 Å². The first-order valence-electron chi connectivity index (χ1n) is 17.8. The van der Waals surface area contributed by atoms with Crippen molar-refractivity contribution in [2.75, 3.05) is 19.0 Å². The summed E-state index contributed by atoms with van der Waals surface area (Å²) in [4.78, 5) is 43.8. The van der Waals surface area contributed by atoms with Crippen LogP contribution in [0.4, 0.5) is 19.5 Å². The first-order chi connectivity index (χ1) is 25.6. The number of carbonyl (C=O) groups excluding carboxylic acids is 3. The summed E-state index contributed by atoms with van der Waals surface area (Å²) in [5.41, 5.74) is 1.48. The summed E-state index contributed by atoms with van der Waals surface area (Å²) in [6.45, 7) is 12.2. The third-order valence-corrected chi connectivity index (χ3v) is 8.99. The van der Waals surface area contributed by atoms with Gasteiger partial charge in [-0.15, -0.1) is 10.2 Å². The molecule has 3 aromatic carbocycles. The van der Waals surface area contributed by atoms with E-state index in [9.17, 15) is 14.4 Å². The summed E-state index contributed by atoms with van der Waals surface area (Å²) in [7, 11) is 1.57. The predicted octanol–water partition coefficient (Wildman–Crippen LogP) is 7.85. The summed E-state index contributed by atoms with van der Waals surface area (Å²) in [6.07, 6.45) is -4.38. The van der Waals surface area contributed by atoms with Crippen LogP contribution in [-0.2, 0) is 45.0 Å². The van der Waals surface area contributed by atoms with E-state index in [-0.39, 0.29) is 18.1 Å². The molecule has 0 bridgehead atoms. The molecule has 0 saturated carbocycles. The molecule has 288 valence electrons. The molecule has 0 unspecified atom stereocenters. The summed E-state index contributed by atoms with van der Waals surface area (Å²) in [5.74, 6) is 0.659. The Kier molecular flexibility index (Phi) is 13.1. The maximum atomic E-state index is 13.6. The lowest BCUT2D eigenvalue weighted by Gasteiger charge is -2.30. The van der Waals surface area contributed by atoms with Crippen molar-refractivity contribution in [1.29, 1.82) is 0 Å². The van der Waals surface area contributed by atoms with Crippen LogP contribution in [0.3, 0.4) is 0 Å². The topological polar surface area (TPSA) is 142 Å². The molecular formula is C40H49N5O8S. The number of methoxy groups -OCH3 is 1. The van der Waals surface area contributed by atoms with Crippen LogP contribution < -0.4 is 10.1 Å². The van der Waals surface area contributed by atoms with Crippen LogP contribution in [0.5, 0.6) is 5.75 Å². The van der Waals surface area contributed by atoms with E-state index in [4.69, 9.17) is 23.7 Å². The first kappa shape index (κ1) is 40.0. The van der Waals surface area contributed by atoms with Gasteiger partial charge < -0.3 is 23.7 Å². The molecule has 1 fully saturated rings. The minimum atomic E-state index is -1.10. The van der Waals surface area contributed by atoms with Crippen LogP contribution in [0.1, 0.15) is 63.2 Å². The zero-order valence-electron chi connectivity index (χ0n) is 31.8. The molecule has 1 N–H and O–H groups in total. The number of likely N-dealkylation sites (tertiary alicyclic amines) is 1. The number of amides is 2. The maximum absolute atomic E-state index is 13.6. The van der Waals surface area contributed by atoms with Gasteiger partial charge in [-0.1, -0.05) is 84.1 Å². The van der Waals surface area contributed by atoms with Gasteiger partial charge in [0.2, 0.25) is 5.13 Å². The Bertz CT molecular complexity index is 1790. The van der Waals surface area contributed by atoms with Gasteiger partial charge in [-0.3, -0.25) is 15.1 Å². The van der Waals surface area contributed by atoms with Gasteiger partial charge in [0.1, 0.15) is 22.0 Å². The second kappa shape index (κ2) is 17.7. The van der Waals surface area contributed by atoms with Crippen LogP contribution in [0.15, 0.2) is 84.9 Å². The SMILES string of the molecule is COc1ccc(C[C@@H]2[C@H](OC(=O)Nc3nnc(CN(Cc4ccccc4)Cc4ccccc4)s3)[C@@H](OC(=O)OC(C)(C)C)CN2C(=O)OC(C)(C)C)cc1. The van der Waals surface area contributed by atoms with Gasteiger partial charge >= 0.3 is 18.3 Å². The molecule has 1 saturated heterocycles. The normalized spacial score (nSPS) is 17.2. The highest BCUT2D eigenvalue weighted by molar-refractivity contribution is 7.15. The fraction of sp³-hybridized carbons (Fsp3) is 0.425. The van der Waals surface area contributed by atoms with E-state index in [0.29, 0.717) is 30.4 Å². The molecule has 3 atom stereocenters. The zero-order chi connectivity index (χ0) is 38.9. The molecule has 1 aliphatic heterocycles. The Morgan fingerprint density at radius 2 is 1.37 bits per heavy atom. The quantitative estimate of drug-likeness (QED) is 0.112. The van der Waals surface area contributed by atoms with Gasteiger partial charge in [0.25, 0.3) is 0 Å². The number of carbonyl (C=O) groups is 3. The Labute approximate surface area is 320 Å². The van der Waals surface area contributed by atoms with Crippen LogP contribution in [0.25, 0.3) is 0 Å². The van der Waals surface area contributed by atoms with Crippen LogP contribution in [-0.4, -0.2) is 81.4 Å². The van der Waals surface area contributed by atoms with Crippen molar-refractivity contribution in [2.45, 2.75) is 97.0 Å². The number of aromatic nitrogens is 2. The molecule has 0 aliphatic carbocycles. The van der Waals surface area contributed by atoms with Gasteiger partial charge in [-0.25, -0.2) is 14.4 Å². The minimum absolute atomic E-state index is 0.103. The van der Waals surface area contributed by atoms with E-state index in [1.165, 1.54) is 16.2 Å².